The number of rotatable bonds is 7. The lowest BCUT2D eigenvalue weighted by Crippen LogP contribution is -2.34. The lowest BCUT2D eigenvalue weighted by Gasteiger charge is -2.15. The molecule has 0 aromatic heterocycles. The number of methoxy groups -OCH3 is 1. The average molecular weight is 431 g/mol. The zero-order chi connectivity index (χ0) is 15.3. The molecule has 1 aromatic carbocycles. The summed E-state index contributed by atoms with van der Waals surface area (Å²) < 4.78 is 32.6. The summed E-state index contributed by atoms with van der Waals surface area (Å²) in [6.07, 6.45) is -1.01. The van der Waals surface area contributed by atoms with Crippen LogP contribution in [0.4, 0.5) is 0 Å². The van der Waals surface area contributed by atoms with Gasteiger partial charge in [0.05, 0.1) is 17.4 Å². The number of sulfonamides is 1. The number of benzene rings is 1. The maximum Gasteiger partial charge on any atom is 0.306 e. The molecule has 6 nitrogen and oxygen atoms in total. The third kappa shape index (κ3) is 5.13. The fourth-order valence-corrected chi connectivity index (χ4v) is 3.96. The fourth-order valence-electron chi connectivity index (χ4n) is 1.40. The number of carboxylic acid groups (broad SMARTS) is 1. The molecule has 0 saturated carbocycles. The van der Waals surface area contributed by atoms with Crippen LogP contribution in [0.15, 0.2) is 32.0 Å². The maximum absolute atomic E-state index is 12.1. The molecule has 0 spiro atoms. The molecule has 0 aliphatic carbocycles. The lowest BCUT2D eigenvalue weighted by atomic mass is 10.2. The Morgan fingerprint density at radius 2 is 2.10 bits per heavy atom. The van der Waals surface area contributed by atoms with Crippen molar-refractivity contribution in [2.45, 2.75) is 17.4 Å². The molecule has 1 aromatic rings. The van der Waals surface area contributed by atoms with Gasteiger partial charge in [-0.1, -0.05) is 15.9 Å². The fraction of sp³-hybridized carbons (Fsp3) is 0.364. The van der Waals surface area contributed by atoms with Gasteiger partial charge in [-0.3, -0.25) is 4.79 Å². The number of hydrogen-bond acceptors (Lipinski definition) is 4. The minimum Gasteiger partial charge on any atom is -0.481 e. The third-order valence-electron chi connectivity index (χ3n) is 2.42. The standard InChI is InChI=1S/C11H13Br2NO5S/c1-19-8(5-11(15)16)6-14-20(17,18)10-4-7(12)2-3-9(10)13/h2-4,8,14H,5-6H2,1H3,(H,15,16). The first-order valence-corrected chi connectivity index (χ1v) is 8.52. The van der Waals surface area contributed by atoms with Crippen LogP contribution >= 0.6 is 31.9 Å². The van der Waals surface area contributed by atoms with Crippen LogP contribution in [0.2, 0.25) is 0 Å². The molecule has 112 valence electrons. The first-order chi connectivity index (χ1) is 9.26. The molecule has 1 rings (SSSR count). The van der Waals surface area contributed by atoms with Crippen molar-refractivity contribution in [2.75, 3.05) is 13.7 Å². The molecule has 2 N–H and O–H groups in total. The molecular weight excluding hydrogens is 418 g/mol. The Morgan fingerprint density at radius 1 is 1.45 bits per heavy atom. The number of carboxylic acids is 1. The molecule has 0 fully saturated rings. The van der Waals surface area contributed by atoms with Gasteiger partial charge in [0, 0.05) is 22.6 Å². The number of halogens is 2. The Balaban J connectivity index is 2.84. The van der Waals surface area contributed by atoms with Crippen LogP contribution in [0.25, 0.3) is 0 Å². The Labute approximate surface area is 133 Å². The summed E-state index contributed by atoms with van der Waals surface area (Å²) >= 11 is 6.37. The molecule has 1 unspecified atom stereocenters. The van der Waals surface area contributed by atoms with Crippen LogP contribution < -0.4 is 4.72 Å². The van der Waals surface area contributed by atoms with Gasteiger partial charge in [-0.25, -0.2) is 13.1 Å². The minimum absolute atomic E-state index is 0.0667. The van der Waals surface area contributed by atoms with Gasteiger partial charge < -0.3 is 9.84 Å². The van der Waals surface area contributed by atoms with E-state index in [1.165, 1.54) is 13.2 Å². The Hall–Kier alpha value is -0.480. The van der Waals surface area contributed by atoms with Gasteiger partial charge in [-0.05, 0) is 34.1 Å². The van der Waals surface area contributed by atoms with Gasteiger partial charge >= 0.3 is 5.97 Å². The van der Waals surface area contributed by atoms with E-state index in [0.717, 1.165) is 0 Å². The van der Waals surface area contributed by atoms with E-state index in [9.17, 15) is 13.2 Å². The Kier molecular flexibility index (Phi) is 6.59. The predicted molar refractivity (Wildman–Crippen MR) is 80.1 cm³/mol. The zero-order valence-corrected chi connectivity index (χ0v) is 14.5. The highest BCUT2D eigenvalue weighted by molar-refractivity contribution is 9.11. The lowest BCUT2D eigenvalue weighted by molar-refractivity contribution is -0.139. The van der Waals surface area contributed by atoms with Crippen molar-refractivity contribution in [2.24, 2.45) is 0 Å². The molecule has 1 atom stereocenters. The highest BCUT2D eigenvalue weighted by atomic mass is 79.9. The van der Waals surface area contributed by atoms with Crippen molar-refractivity contribution in [1.82, 2.24) is 4.72 Å². The first-order valence-electron chi connectivity index (χ1n) is 5.45. The normalized spacial score (nSPS) is 13.2. The van der Waals surface area contributed by atoms with Crippen LogP contribution in [0, 0.1) is 0 Å². The van der Waals surface area contributed by atoms with Crippen molar-refractivity contribution in [3.8, 4) is 0 Å². The molecule has 20 heavy (non-hydrogen) atoms. The molecule has 0 radical (unpaired) electrons. The zero-order valence-electron chi connectivity index (χ0n) is 10.5. The van der Waals surface area contributed by atoms with Gasteiger partial charge in [0.2, 0.25) is 10.0 Å². The third-order valence-corrected chi connectivity index (χ3v) is 5.33. The number of ether oxygens (including phenoxy) is 1. The number of nitrogens with one attached hydrogen (secondary N) is 1. The summed E-state index contributed by atoms with van der Waals surface area (Å²) in [5, 5.41) is 8.67. The molecule has 0 aliphatic heterocycles. The van der Waals surface area contributed by atoms with Crippen LogP contribution in [0.5, 0.6) is 0 Å². The van der Waals surface area contributed by atoms with E-state index in [4.69, 9.17) is 9.84 Å². The van der Waals surface area contributed by atoms with Crippen LogP contribution in [0.3, 0.4) is 0 Å². The van der Waals surface area contributed by atoms with E-state index in [-0.39, 0.29) is 17.9 Å². The van der Waals surface area contributed by atoms with E-state index in [0.29, 0.717) is 8.95 Å². The van der Waals surface area contributed by atoms with Gasteiger partial charge in [0.1, 0.15) is 0 Å². The highest BCUT2D eigenvalue weighted by Crippen LogP contribution is 2.25. The van der Waals surface area contributed by atoms with E-state index in [1.54, 1.807) is 12.1 Å². The Morgan fingerprint density at radius 3 is 2.65 bits per heavy atom. The second-order valence-corrected chi connectivity index (χ2v) is 7.39. The summed E-state index contributed by atoms with van der Waals surface area (Å²) in [6.45, 7) is -0.121. The quantitative estimate of drug-likeness (QED) is 0.689. The van der Waals surface area contributed by atoms with Crippen LogP contribution in [-0.4, -0.2) is 39.3 Å². The summed E-state index contributed by atoms with van der Waals surface area (Å²) in [4.78, 5) is 10.7. The summed E-state index contributed by atoms with van der Waals surface area (Å²) in [6, 6.07) is 4.75. The monoisotopic (exact) mass is 429 g/mol. The van der Waals surface area contributed by atoms with E-state index >= 15 is 0 Å². The summed E-state index contributed by atoms with van der Waals surface area (Å²) in [7, 11) is -2.42. The van der Waals surface area contributed by atoms with Crippen molar-refractivity contribution in [3.05, 3.63) is 27.1 Å². The minimum atomic E-state index is -3.75. The molecule has 0 bridgehead atoms. The van der Waals surface area contributed by atoms with Gasteiger partial charge in [-0.15, -0.1) is 0 Å². The SMILES string of the molecule is COC(CNS(=O)(=O)c1cc(Br)ccc1Br)CC(=O)O. The van der Waals surface area contributed by atoms with E-state index in [2.05, 4.69) is 36.6 Å². The maximum atomic E-state index is 12.1. The highest BCUT2D eigenvalue weighted by Gasteiger charge is 2.21. The molecule has 0 saturated heterocycles. The first kappa shape index (κ1) is 17.6. The van der Waals surface area contributed by atoms with Crippen LogP contribution in [-0.2, 0) is 19.6 Å². The van der Waals surface area contributed by atoms with E-state index < -0.39 is 22.1 Å². The van der Waals surface area contributed by atoms with Crippen molar-refractivity contribution < 1.29 is 23.1 Å². The summed E-state index contributed by atoms with van der Waals surface area (Å²) in [5.74, 6) is -1.06. The Bertz CT molecular complexity index is 590. The van der Waals surface area contributed by atoms with Crippen LogP contribution in [0.1, 0.15) is 6.42 Å². The average Bonchev–Trinajstić information content (AvgIpc) is 2.36. The smallest absolute Gasteiger partial charge is 0.306 e. The predicted octanol–water partition coefficient (Wildman–Crippen LogP) is 1.98. The van der Waals surface area contributed by atoms with Gasteiger partial charge in [-0.2, -0.15) is 0 Å². The molecule has 0 heterocycles. The molecule has 0 aliphatic rings. The van der Waals surface area contributed by atoms with Crippen molar-refractivity contribution in [1.29, 1.82) is 0 Å². The number of carbonyl (C=O) groups is 1. The second-order valence-electron chi connectivity index (χ2n) is 3.88. The second kappa shape index (κ2) is 7.51. The largest absolute Gasteiger partial charge is 0.481 e. The van der Waals surface area contributed by atoms with Crippen molar-refractivity contribution >= 4 is 47.9 Å². The van der Waals surface area contributed by atoms with E-state index in [1.807, 2.05) is 0 Å². The van der Waals surface area contributed by atoms with Crippen molar-refractivity contribution in [3.63, 3.8) is 0 Å². The molecule has 0 amide bonds. The number of aliphatic carboxylic acids is 1. The topological polar surface area (TPSA) is 92.7 Å². The number of hydrogen-bond donors (Lipinski definition) is 2. The summed E-state index contributed by atoms with van der Waals surface area (Å²) in [5.41, 5.74) is 0. The van der Waals surface area contributed by atoms with Gasteiger partial charge in [0.25, 0.3) is 0 Å². The van der Waals surface area contributed by atoms with Gasteiger partial charge in [0.15, 0.2) is 0 Å². The molecular formula is C11H13Br2NO5S. The molecule has 9 heteroatoms.